The van der Waals surface area contributed by atoms with Gasteiger partial charge in [-0.2, -0.15) is 0 Å². The number of ether oxygens (including phenoxy) is 2. The topological polar surface area (TPSA) is 42.0 Å². The minimum atomic E-state index is 0.147. The number of piperidine rings is 1. The van der Waals surface area contributed by atoms with Crippen molar-refractivity contribution in [2.75, 3.05) is 52.5 Å². The Hall–Kier alpha value is -1.01. The highest BCUT2D eigenvalue weighted by molar-refractivity contribution is 6.37. The van der Waals surface area contributed by atoms with Crippen LogP contribution in [0.1, 0.15) is 12.8 Å². The van der Waals surface area contributed by atoms with Crippen molar-refractivity contribution in [2.45, 2.75) is 12.8 Å². The lowest BCUT2D eigenvalue weighted by Gasteiger charge is -2.35. The maximum absolute atomic E-state index is 12.5. The molecule has 0 aromatic heterocycles. The van der Waals surface area contributed by atoms with Gasteiger partial charge in [0.1, 0.15) is 6.61 Å². The molecular weight excluding hydrogens is 363 g/mol. The Labute approximate surface area is 158 Å². The number of hydrogen-bond donors (Lipinski definition) is 0. The van der Waals surface area contributed by atoms with E-state index in [9.17, 15) is 4.79 Å². The van der Waals surface area contributed by atoms with Crippen molar-refractivity contribution in [1.82, 2.24) is 9.80 Å². The molecule has 2 aliphatic rings. The predicted molar refractivity (Wildman–Crippen MR) is 98.5 cm³/mol. The molecule has 25 heavy (non-hydrogen) atoms. The van der Waals surface area contributed by atoms with Gasteiger partial charge >= 0.3 is 0 Å². The Balaban J connectivity index is 1.40. The van der Waals surface area contributed by atoms with E-state index in [4.69, 9.17) is 32.7 Å². The number of halogens is 2. The summed E-state index contributed by atoms with van der Waals surface area (Å²) in [4.78, 5) is 16.8. The average molecular weight is 387 g/mol. The van der Waals surface area contributed by atoms with Gasteiger partial charge in [0, 0.05) is 25.6 Å². The average Bonchev–Trinajstić information content (AvgIpc) is 2.65. The number of carbonyl (C=O) groups is 1. The van der Waals surface area contributed by atoms with Gasteiger partial charge in [0.25, 0.3) is 0 Å². The van der Waals surface area contributed by atoms with Crippen LogP contribution >= 0.6 is 23.2 Å². The van der Waals surface area contributed by atoms with Gasteiger partial charge < -0.3 is 14.4 Å². The van der Waals surface area contributed by atoms with Crippen LogP contribution in [0.15, 0.2) is 18.2 Å². The molecule has 0 radical (unpaired) electrons. The van der Waals surface area contributed by atoms with Crippen molar-refractivity contribution < 1.29 is 14.3 Å². The highest BCUT2D eigenvalue weighted by atomic mass is 35.5. The van der Waals surface area contributed by atoms with Gasteiger partial charge in [-0.15, -0.1) is 0 Å². The van der Waals surface area contributed by atoms with Gasteiger partial charge in [0.15, 0.2) is 5.75 Å². The molecule has 3 rings (SSSR count). The zero-order chi connectivity index (χ0) is 17.6. The zero-order valence-corrected chi connectivity index (χ0v) is 15.8. The number of hydrogen-bond acceptors (Lipinski definition) is 4. The monoisotopic (exact) mass is 386 g/mol. The number of amides is 1. The summed E-state index contributed by atoms with van der Waals surface area (Å²) >= 11 is 12.2. The fourth-order valence-corrected chi connectivity index (χ4v) is 3.85. The molecule has 5 nitrogen and oxygen atoms in total. The molecule has 2 fully saturated rings. The summed E-state index contributed by atoms with van der Waals surface area (Å²) in [5, 5.41) is 1.06. The van der Waals surface area contributed by atoms with Crippen LogP contribution in [0.3, 0.4) is 0 Å². The van der Waals surface area contributed by atoms with Crippen LogP contribution in [0.25, 0.3) is 0 Å². The normalized spacial score (nSPS) is 19.8. The number of nitrogens with zero attached hydrogens (tertiary/aromatic N) is 2. The first-order valence-corrected chi connectivity index (χ1v) is 9.56. The maximum atomic E-state index is 12.5. The Morgan fingerprint density at radius 1 is 1.12 bits per heavy atom. The van der Waals surface area contributed by atoms with Gasteiger partial charge in [-0.05, 0) is 38.1 Å². The van der Waals surface area contributed by atoms with Crippen LogP contribution in [-0.2, 0) is 9.53 Å². The highest BCUT2D eigenvalue weighted by Gasteiger charge is 2.29. The molecule has 2 saturated heterocycles. The van der Waals surface area contributed by atoms with Crippen LogP contribution in [-0.4, -0.2) is 68.3 Å². The molecule has 1 amide bonds. The molecule has 0 unspecified atom stereocenters. The molecule has 2 heterocycles. The molecule has 0 spiro atoms. The fourth-order valence-electron chi connectivity index (χ4n) is 3.34. The molecule has 2 aliphatic heterocycles. The number of carbonyl (C=O) groups excluding carboxylic acids is 1. The molecule has 138 valence electrons. The van der Waals surface area contributed by atoms with Crippen LogP contribution in [0.4, 0.5) is 0 Å². The van der Waals surface area contributed by atoms with Crippen LogP contribution in [0.2, 0.25) is 10.0 Å². The summed E-state index contributed by atoms with van der Waals surface area (Å²) in [6.07, 6.45) is 1.81. The third-order valence-electron chi connectivity index (χ3n) is 4.83. The second-order valence-corrected chi connectivity index (χ2v) is 7.27. The molecular formula is C18H24Cl2N2O3. The summed E-state index contributed by atoms with van der Waals surface area (Å²) in [6, 6.07) is 5.34. The maximum Gasteiger partial charge on any atom is 0.225 e. The van der Waals surface area contributed by atoms with E-state index in [2.05, 4.69) is 4.90 Å². The number of morpholine rings is 1. The minimum absolute atomic E-state index is 0.147. The number of para-hydroxylation sites is 1. The standard InChI is InChI=1S/C18H24Cl2N2O3/c19-15-2-1-3-16(20)17(15)25-13-8-21-6-4-14(5-7-21)18(23)22-9-11-24-12-10-22/h1-3,14H,4-13H2. The first kappa shape index (κ1) is 18.8. The SMILES string of the molecule is O=C(C1CCN(CCOc2c(Cl)cccc2Cl)CC1)N1CCOCC1. The van der Waals surface area contributed by atoms with E-state index < -0.39 is 0 Å². The Bertz CT molecular complexity index is 565. The van der Waals surface area contributed by atoms with Crippen molar-refractivity contribution in [3.8, 4) is 5.75 Å². The van der Waals surface area contributed by atoms with E-state index in [0.29, 0.717) is 41.5 Å². The third-order valence-corrected chi connectivity index (χ3v) is 5.43. The molecule has 7 heteroatoms. The lowest BCUT2D eigenvalue weighted by Crippen LogP contribution is -2.47. The minimum Gasteiger partial charge on any atom is -0.489 e. The predicted octanol–water partition coefficient (Wildman–Crippen LogP) is 2.94. The molecule has 0 N–H and O–H groups in total. The van der Waals surface area contributed by atoms with Gasteiger partial charge in [-0.1, -0.05) is 29.3 Å². The molecule has 0 bridgehead atoms. The molecule has 1 aromatic carbocycles. The number of benzene rings is 1. The summed E-state index contributed by atoms with van der Waals surface area (Å²) in [6.45, 7) is 5.95. The lowest BCUT2D eigenvalue weighted by molar-refractivity contribution is -0.141. The second kappa shape index (κ2) is 9.08. The van der Waals surface area contributed by atoms with Crippen molar-refractivity contribution >= 4 is 29.1 Å². The third kappa shape index (κ3) is 5.00. The largest absolute Gasteiger partial charge is 0.489 e. The van der Waals surface area contributed by atoms with E-state index in [1.54, 1.807) is 18.2 Å². The Morgan fingerprint density at radius 2 is 1.76 bits per heavy atom. The van der Waals surface area contributed by atoms with Crippen LogP contribution < -0.4 is 4.74 Å². The van der Waals surface area contributed by atoms with Gasteiger partial charge in [0.05, 0.1) is 23.3 Å². The lowest BCUT2D eigenvalue weighted by atomic mass is 9.95. The van der Waals surface area contributed by atoms with Crippen LogP contribution in [0.5, 0.6) is 5.75 Å². The number of rotatable bonds is 5. The summed E-state index contributed by atoms with van der Waals surface area (Å²) in [5.41, 5.74) is 0. The van der Waals surface area contributed by atoms with Crippen molar-refractivity contribution in [1.29, 1.82) is 0 Å². The molecule has 0 saturated carbocycles. The van der Waals surface area contributed by atoms with E-state index in [0.717, 1.165) is 45.6 Å². The van der Waals surface area contributed by atoms with E-state index in [1.807, 2.05) is 4.90 Å². The summed E-state index contributed by atoms with van der Waals surface area (Å²) in [5.74, 6) is 0.985. The number of likely N-dealkylation sites (tertiary alicyclic amines) is 1. The first-order chi connectivity index (χ1) is 12.1. The van der Waals surface area contributed by atoms with Crippen LogP contribution in [0, 0.1) is 5.92 Å². The Morgan fingerprint density at radius 3 is 2.40 bits per heavy atom. The summed E-state index contributed by atoms with van der Waals surface area (Å²) < 4.78 is 11.1. The van der Waals surface area contributed by atoms with Gasteiger partial charge in [0.2, 0.25) is 5.91 Å². The quantitative estimate of drug-likeness (QED) is 0.779. The van der Waals surface area contributed by atoms with Gasteiger partial charge in [-0.25, -0.2) is 0 Å². The molecule has 0 atom stereocenters. The van der Waals surface area contributed by atoms with E-state index in [-0.39, 0.29) is 5.92 Å². The summed E-state index contributed by atoms with van der Waals surface area (Å²) in [7, 11) is 0. The molecule has 1 aromatic rings. The Kier molecular flexibility index (Phi) is 6.82. The zero-order valence-electron chi connectivity index (χ0n) is 14.3. The van der Waals surface area contributed by atoms with E-state index >= 15 is 0 Å². The smallest absolute Gasteiger partial charge is 0.225 e. The second-order valence-electron chi connectivity index (χ2n) is 6.45. The molecule has 0 aliphatic carbocycles. The van der Waals surface area contributed by atoms with E-state index in [1.165, 1.54) is 0 Å². The highest BCUT2D eigenvalue weighted by Crippen LogP contribution is 2.32. The van der Waals surface area contributed by atoms with Crippen molar-refractivity contribution in [3.05, 3.63) is 28.2 Å². The fraction of sp³-hybridized carbons (Fsp3) is 0.611. The van der Waals surface area contributed by atoms with Gasteiger partial charge in [-0.3, -0.25) is 9.69 Å². The van der Waals surface area contributed by atoms with Crippen molar-refractivity contribution in [3.63, 3.8) is 0 Å². The van der Waals surface area contributed by atoms with Crippen molar-refractivity contribution in [2.24, 2.45) is 5.92 Å². The first-order valence-electron chi connectivity index (χ1n) is 8.81.